The largest absolute Gasteiger partial charge is 0.508 e. The van der Waals surface area contributed by atoms with Gasteiger partial charge >= 0.3 is 0 Å². The van der Waals surface area contributed by atoms with Gasteiger partial charge in [0.05, 0.1) is 0 Å². The van der Waals surface area contributed by atoms with Gasteiger partial charge < -0.3 is 10.2 Å². The van der Waals surface area contributed by atoms with Gasteiger partial charge in [0.15, 0.2) is 4.08 Å². The SMILES string of the molecule is O=S(=O)(O)C1(c2ccc(O)c3ccc(O)cc23)CCCS1. The average molecular weight is 326 g/mol. The Hall–Kier alpha value is -1.44. The van der Waals surface area contributed by atoms with E-state index in [0.717, 1.165) is 0 Å². The summed E-state index contributed by atoms with van der Waals surface area (Å²) in [4.78, 5) is 0. The van der Waals surface area contributed by atoms with Gasteiger partial charge in [0.25, 0.3) is 10.1 Å². The number of phenolic OH excluding ortho intramolecular Hbond substituents is 2. The lowest BCUT2D eigenvalue weighted by Gasteiger charge is -2.26. The van der Waals surface area contributed by atoms with Crippen LogP contribution in [0, 0.1) is 0 Å². The third-order valence-corrected chi connectivity index (χ3v) is 7.42. The van der Waals surface area contributed by atoms with Crippen molar-refractivity contribution in [3.63, 3.8) is 0 Å². The van der Waals surface area contributed by atoms with E-state index in [4.69, 9.17) is 0 Å². The first kappa shape index (κ1) is 14.5. The van der Waals surface area contributed by atoms with Crippen molar-refractivity contribution in [1.29, 1.82) is 0 Å². The highest BCUT2D eigenvalue weighted by atomic mass is 32.3. The van der Waals surface area contributed by atoms with Crippen molar-refractivity contribution >= 4 is 32.7 Å². The van der Waals surface area contributed by atoms with Gasteiger partial charge in [0.2, 0.25) is 0 Å². The van der Waals surface area contributed by atoms with E-state index in [1.165, 1.54) is 42.1 Å². The van der Waals surface area contributed by atoms with Crippen molar-refractivity contribution in [1.82, 2.24) is 0 Å². The predicted molar refractivity (Wildman–Crippen MR) is 82.2 cm³/mol. The van der Waals surface area contributed by atoms with E-state index in [1.807, 2.05) is 0 Å². The highest BCUT2D eigenvalue weighted by molar-refractivity contribution is 8.12. The Balaban J connectivity index is 2.39. The third-order valence-electron chi connectivity index (χ3n) is 3.79. The fourth-order valence-electron chi connectivity index (χ4n) is 2.82. The molecule has 0 aromatic heterocycles. The number of benzene rings is 2. The molecule has 7 heteroatoms. The number of fused-ring (bicyclic) bond motifs is 1. The standard InChI is InChI=1S/C14H14O5S2/c15-9-2-3-10-11(8-9)12(4-5-13(10)16)14(21(17,18)19)6-1-7-20-14/h2-5,8,15-16H,1,6-7H2,(H,17,18,19). The van der Waals surface area contributed by atoms with E-state index in [0.29, 0.717) is 34.9 Å². The molecule has 3 N–H and O–H groups in total. The van der Waals surface area contributed by atoms with E-state index in [2.05, 4.69) is 0 Å². The molecule has 1 atom stereocenters. The first-order chi connectivity index (χ1) is 9.85. The lowest BCUT2D eigenvalue weighted by molar-refractivity contribution is 0.457. The van der Waals surface area contributed by atoms with Crippen molar-refractivity contribution in [3.8, 4) is 11.5 Å². The summed E-state index contributed by atoms with van der Waals surface area (Å²) in [7, 11) is -4.33. The van der Waals surface area contributed by atoms with Crippen LogP contribution in [0.25, 0.3) is 10.8 Å². The van der Waals surface area contributed by atoms with Crippen LogP contribution in [0.1, 0.15) is 18.4 Å². The second kappa shape index (κ2) is 4.79. The van der Waals surface area contributed by atoms with E-state index in [1.54, 1.807) is 0 Å². The summed E-state index contributed by atoms with van der Waals surface area (Å²) in [5, 5.41) is 20.5. The van der Waals surface area contributed by atoms with Gasteiger partial charge in [-0.15, -0.1) is 11.8 Å². The van der Waals surface area contributed by atoms with Crippen molar-refractivity contribution in [2.24, 2.45) is 0 Å². The lowest BCUT2D eigenvalue weighted by Crippen LogP contribution is -2.29. The Morgan fingerprint density at radius 2 is 1.86 bits per heavy atom. The van der Waals surface area contributed by atoms with Gasteiger partial charge in [-0.05, 0) is 53.8 Å². The summed E-state index contributed by atoms with van der Waals surface area (Å²) in [5.41, 5.74) is 0.399. The number of thioether (sulfide) groups is 1. The third kappa shape index (κ3) is 2.16. The van der Waals surface area contributed by atoms with Crippen molar-refractivity contribution in [2.75, 3.05) is 5.75 Å². The molecule has 0 saturated carbocycles. The lowest BCUT2D eigenvalue weighted by atomic mass is 9.98. The van der Waals surface area contributed by atoms with Gasteiger partial charge in [0.1, 0.15) is 11.5 Å². The zero-order valence-electron chi connectivity index (χ0n) is 11.0. The minimum atomic E-state index is -4.33. The van der Waals surface area contributed by atoms with Gasteiger partial charge in [-0.3, -0.25) is 4.55 Å². The summed E-state index contributed by atoms with van der Waals surface area (Å²) in [6, 6.07) is 7.29. The molecule has 1 heterocycles. The maximum atomic E-state index is 12.0. The molecule has 2 aromatic carbocycles. The van der Waals surface area contributed by atoms with Crippen molar-refractivity contribution < 1.29 is 23.2 Å². The van der Waals surface area contributed by atoms with E-state index in [9.17, 15) is 23.2 Å². The van der Waals surface area contributed by atoms with Crippen LogP contribution in [-0.4, -0.2) is 28.9 Å². The molecule has 5 nitrogen and oxygen atoms in total. The Morgan fingerprint density at radius 1 is 1.10 bits per heavy atom. The summed E-state index contributed by atoms with van der Waals surface area (Å²) < 4.78 is 32.3. The van der Waals surface area contributed by atoms with Crippen LogP contribution in [0.15, 0.2) is 30.3 Å². The Labute approximate surface area is 126 Å². The topological polar surface area (TPSA) is 94.8 Å². The molecule has 112 valence electrons. The number of phenols is 2. The van der Waals surface area contributed by atoms with E-state index in [-0.39, 0.29) is 11.5 Å². The molecule has 3 rings (SSSR count). The predicted octanol–water partition coefficient (Wildman–Crippen LogP) is 2.82. The molecule has 1 fully saturated rings. The maximum absolute atomic E-state index is 12.0. The molecule has 2 aromatic rings. The first-order valence-corrected chi connectivity index (χ1v) is 8.84. The van der Waals surface area contributed by atoms with Crippen LogP contribution < -0.4 is 0 Å². The Kier molecular flexibility index (Phi) is 3.31. The first-order valence-electron chi connectivity index (χ1n) is 6.41. The van der Waals surface area contributed by atoms with Crippen LogP contribution in [0.4, 0.5) is 0 Å². The van der Waals surface area contributed by atoms with Crippen molar-refractivity contribution in [3.05, 3.63) is 35.9 Å². The van der Waals surface area contributed by atoms with Crippen molar-refractivity contribution in [2.45, 2.75) is 16.9 Å². The molecule has 1 aliphatic heterocycles. The van der Waals surface area contributed by atoms with Gasteiger partial charge in [-0.25, -0.2) is 0 Å². The molecular formula is C14H14O5S2. The minimum absolute atomic E-state index is 0.00207. The molecule has 1 saturated heterocycles. The van der Waals surface area contributed by atoms with Crippen LogP contribution in [0.2, 0.25) is 0 Å². The highest BCUT2D eigenvalue weighted by Gasteiger charge is 2.48. The monoisotopic (exact) mass is 326 g/mol. The molecule has 0 spiro atoms. The van der Waals surface area contributed by atoms with E-state index >= 15 is 0 Å². The Morgan fingerprint density at radius 3 is 2.48 bits per heavy atom. The summed E-state index contributed by atoms with van der Waals surface area (Å²) in [5.74, 6) is 0.603. The zero-order valence-corrected chi connectivity index (χ0v) is 12.6. The molecule has 21 heavy (non-hydrogen) atoms. The minimum Gasteiger partial charge on any atom is -0.508 e. The van der Waals surface area contributed by atoms with Crippen LogP contribution in [0.5, 0.6) is 11.5 Å². The summed E-state index contributed by atoms with van der Waals surface area (Å²) in [6.07, 6.45) is 0.970. The number of hydrogen-bond donors (Lipinski definition) is 3. The number of aromatic hydroxyl groups is 2. The molecular weight excluding hydrogens is 312 g/mol. The van der Waals surface area contributed by atoms with Gasteiger partial charge in [-0.1, -0.05) is 6.07 Å². The second-order valence-electron chi connectivity index (χ2n) is 5.04. The molecule has 0 radical (unpaired) electrons. The second-order valence-corrected chi connectivity index (χ2v) is 8.34. The normalized spacial score (nSPS) is 22.7. The van der Waals surface area contributed by atoms with E-state index < -0.39 is 14.2 Å². The quantitative estimate of drug-likeness (QED) is 0.735. The van der Waals surface area contributed by atoms with Crippen LogP contribution in [-0.2, 0) is 14.2 Å². The molecule has 0 aliphatic carbocycles. The highest BCUT2D eigenvalue weighted by Crippen LogP contribution is 2.53. The van der Waals surface area contributed by atoms with Gasteiger partial charge in [0, 0.05) is 5.39 Å². The van der Waals surface area contributed by atoms with Crippen LogP contribution >= 0.6 is 11.8 Å². The summed E-state index contributed by atoms with van der Waals surface area (Å²) >= 11 is 1.18. The number of hydrogen-bond acceptors (Lipinski definition) is 5. The smallest absolute Gasteiger partial charge is 0.284 e. The zero-order chi connectivity index (χ0) is 15.3. The molecule has 1 unspecified atom stereocenters. The van der Waals surface area contributed by atoms with Crippen LogP contribution in [0.3, 0.4) is 0 Å². The fourth-order valence-corrected chi connectivity index (χ4v) is 5.77. The van der Waals surface area contributed by atoms with Gasteiger partial charge in [-0.2, -0.15) is 8.42 Å². The maximum Gasteiger partial charge on any atom is 0.284 e. The molecule has 0 bridgehead atoms. The number of rotatable bonds is 2. The molecule has 1 aliphatic rings. The molecule has 0 amide bonds. The average Bonchev–Trinajstić information content (AvgIpc) is 2.89. The summed E-state index contributed by atoms with van der Waals surface area (Å²) in [6.45, 7) is 0. The Bertz CT molecular complexity index is 807. The fraction of sp³-hybridized carbons (Fsp3) is 0.286.